The molecule has 0 bridgehead atoms. The molecule has 1 aliphatic rings. The van der Waals surface area contributed by atoms with E-state index >= 15 is 0 Å². The Kier molecular flexibility index (Phi) is 5.50. The molecule has 1 aromatic carbocycles. The topological polar surface area (TPSA) is 53.8 Å². The molecule has 3 rings (SSSR count). The van der Waals surface area contributed by atoms with Crippen molar-refractivity contribution in [1.82, 2.24) is 19.6 Å². The van der Waals surface area contributed by atoms with E-state index in [0.717, 1.165) is 31.9 Å². The van der Waals surface area contributed by atoms with Gasteiger partial charge in [0.1, 0.15) is 12.4 Å². The number of ether oxygens (including phenoxy) is 1. The highest BCUT2D eigenvalue weighted by atomic mass is 16.5. The maximum atomic E-state index is 10.1. The lowest BCUT2D eigenvalue weighted by Gasteiger charge is -2.21. The summed E-state index contributed by atoms with van der Waals surface area (Å²) in [7, 11) is 4.04. The predicted molar refractivity (Wildman–Crippen MR) is 92.9 cm³/mol. The van der Waals surface area contributed by atoms with Crippen molar-refractivity contribution in [1.29, 1.82) is 0 Å². The summed E-state index contributed by atoms with van der Waals surface area (Å²) in [5.74, 6) is 0.874. The van der Waals surface area contributed by atoms with E-state index in [2.05, 4.69) is 27.0 Å². The van der Waals surface area contributed by atoms with E-state index in [4.69, 9.17) is 4.74 Å². The molecule has 0 radical (unpaired) electrons. The predicted octanol–water partition coefficient (Wildman–Crippen LogP) is 1.07. The molecule has 6 nitrogen and oxygen atoms in total. The van der Waals surface area contributed by atoms with E-state index in [1.807, 2.05) is 43.2 Å². The molecule has 2 atom stereocenters. The van der Waals surface area contributed by atoms with Crippen molar-refractivity contribution in [3.8, 4) is 5.75 Å². The Morgan fingerprint density at radius 1 is 1.25 bits per heavy atom. The second kappa shape index (κ2) is 7.79. The lowest BCUT2D eigenvalue weighted by atomic mass is 10.2. The first-order valence-electron chi connectivity index (χ1n) is 8.38. The van der Waals surface area contributed by atoms with Crippen LogP contribution in [0.4, 0.5) is 0 Å². The quantitative estimate of drug-likeness (QED) is 0.823. The number of hydrogen-bond donors (Lipinski definition) is 1. The normalized spacial score (nSPS) is 21.5. The number of aliphatic hydroxyl groups is 1. The second-order valence-corrected chi connectivity index (χ2v) is 6.55. The number of rotatable bonds is 7. The van der Waals surface area contributed by atoms with Crippen LogP contribution >= 0.6 is 0 Å². The van der Waals surface area contributed by atoms with Crippen LogP contribution in [-0.4, -0.2) is 70.6 Å². The molecular weight excluding hydrogens is 304 g/mol. The van der Waals surface area contributed by atoms with Gasteiger partial charge in [0.2, 0.25) is 0 Å². The van der Waals surface area contributed by atoms with E-state index in [1.165, 1.54) is 5.56 Å². The van der Waals surface area contributed by atoms with Gasteiger partial charge < -0.3 is 14.7 Å². The smallest absolute Gasteiger partial charge is 0.119 e. The zero-order valence-electron chi connectivity index (χ0n) is 14.4. The van der Waals surface area contributed by atoms with Gasteiger partial charge in [-0.15, -0.1) is 0 Å². The number of nitrogens with zero attached hydrogens (tertiary/aromatic N) is 4. The molecule has 1 saturated heterocycles. The van der Waals surface area contributed by atoms with Gasteiger partial charge in [-0.1, -0.05) is 12.1 Å². The van der Waals surface area contributed by atoms with E-state index in [0.29, 0.717) is 6.61 Å². The molecule has 0 amide bonds. The van der Waals surface area contributed by atoms with Crippen molar-refractivity contribution in [2.75, 3.05) is 33.8 Å². The second-order valence-electron chi connectivity index (χ2n) is 6.55. The summed E-state index contributed by atoms with van der Waals surface area (Å²) in [6.45, 7) is 3.83. The van der Waals surface area contributed by atoms with Gasteiger partial charge in [-0.05, 0) is 37.9 Å². The summed E-state index contributed by atoms with van der Waals surface area (Å²) >= 11 is 0. The van der Waals surface area contributed by atoms with Crippen LogP contribution < -0.4 is 4.74 Å². The van der Waals surface area contributed by atoms with Crippen molar-refractivity contribution in [3.05, 3.63) is 48.3 Å². The minimum Gasteiger partial charge on any atom is -0.492 e. The maximum Gasteiger partial charge on any atom is 0.119 e. The van der Waals surface area contributed by atoms with Gasteiger partial charge in [-0.3, -0.25) is 9.58 Å². The van der Waals surface area contributed by atoms with Gasteiger partial charge >= 0.3 is 0 Å². The summed E-state index contributed by atoms with van der Waals surface area (Å²) in [5.41, 5.74) is 1.24. The van der Waals surface area contributed by atoms with E-state index < -0.39 is 0 Å². The van der Waals surface area contributed by atoms with Gasteiger partial charge in [-0.2, -0.15) is 5.10 Å². The largest absolute Gasteiger partial charge is 0.492 e. The lowest BCUT2D eigenvalue weighted by Crippen LogP contribution is -2.37. The molecule has 1 aliphatic heterocycles. The standard InChI is InChI=1S/C18H26N4O2/c1-20(2)17-13-21(14-18(17)23)12-15-4-6-16(7-5-15)24-11-10-22-9-3-8-19-22/h3-9,17-18,23H,10-14H2,1-2H3/t17-,18-/m0/s1. The van der Waals surface area contributed by atoms with Crippen LogP contribution in [0.15, 0.2) is 42.7 Å². The highest BCUT2D eigenvalue weighted by molar-refractivity contribution is 5.27. The highest BCUT2D eigenvalue weighted by Gasteiger charge is 2.32. The van der Waals surface area contributed by atoms with Crippen LogP contribution in [-0.2, 0) is 13.1 Å². The van der Waals surface area contributed by atoms with Crippen LogP contribution in [0, 0.1) is 0 Å². The van der Waals surface area contributed by atoms with Gasteiger partial charge in [0.15, 0.2) is 0 Å². The van der Waals surface area contributed by atoms with Crippen LogP contribution in [0.1, 0.15) is 5.56 Å². The molecule has 24 heavy (non-hydrogen) atoms. The van der Waals surface area contributed by atoms with E-state index in [-0.39, 0.29) is 12.1 Å². The maximum absolute atomic E-state index is 10.1. The molecule has 130 valence electrons. The highest BCUT2D eigenvalue weighted by Crippen LogP contribution is 2.19. The van der Waals surface area contributed by atoms with Crippen LogP contribution in [0.5, 0.6) is 5.75 Å². The Hall–Kier alpha value is -1.89. The van der Waals surface area contributed by atoms with E-state index in [1.54, 1.807) is 6.20 Å². The number of hydrogen-bond acceptors (Lipinski definition) is 5. The summed E-state index contributed by atoms with van der Waals surface area (Å²) in [6, 6.07) is 10.3. The van der Waals surface area contributed by atoms with Crippen molar-refractivity contribution in [3.63, 3.8) is 0 Å². The van der Waals surface area contributed by atoms with Crippen molar-refractivity contribution < 1.29 is 9.84 Å². The van der Waals surface area contributed by atoms with Gasteiger partial charge in [-0.25, -0.2) is 0 Å². The van der Waals surface area contributed by atoms with Gasteiger partial charge in [0.05, 0.1) is 12.6 Å². The molecule has 1 N–H and O–H groups in total. The molecule has 6 heteroatoms. The number of aliphatic hydroxyl groups excluding tert-OH is 1. The number of likely N-dealkylation sites (N-methyl/N-ethyl adjacent to an activating group) is 1. The van der Waals surface area contributed by atoms with Crippen LogP contribution in [0.25, 0.3) is 0 Å². The molecule has 2 aromatic rings. The molecule has 0 unspecified atom stereocenters. The first kappa shape index (κ1) is 17.0. The summed E-state index contributed by atoms with van der Waals surface area (Å²) in [4.78, 5) is 4.39. The third-order valence-electron chi connectivity index (χ3n) is 4.48. The number of β-amino-alcohol motifs (C(OH)–C–C–N with tert-alkyl or cyclic N) is 1. The third-order valence-corrected chi connectivity index (χ3v) is 4.48. The van der Waals surface area contributed by atoms with Gasteiger partial charge in [0.25, 0.3) is 0 Å². The molecule has 0 spiro atoms. The summed E-state index contributed by atoms with van der Waals surface area (Å²) in [6.07, 6.45) is 3.42. The average Bonchev–Trinajstić information content (AvgIpc) is 3.19. The van der Waals surface area contributed by atoms with Gasteiger partial charge in [0, 0.05) is 38.1 Å². The number of likely N-dealkylation sites (tertiary alicyclic amines) is 1. The molecule has 1 fully saturated rings. The Morgan fingerprint density at radius 2 is 2.04 bits per heavy atom. The fourth-order valence-electron chi connectivity index (χ4n) is 3.12. The fraction of sp³-hybridized carbons (Fsp3) is 0.500. The molecule has 0 saturated carbocycles. The van der Waals surface area contributed by atoms with Crippen molar-refractivity contribution in [2.24, 2.45) is 0 Å². The molecule has 2 heterocycles. The third kappa shape index (κ3) is 4.35. The minimum atomic E-state index is -0.273. The number of benzene rings is 1. The fourth-order valence-corrected chi connectivity index (χ4v) is 3.12. The van der Waals surface area contributed by atoms with Crippen molar-refractivity contribution >= 4 is 0 Å². The molecule has 0 aliphatic carbocycles. The van der Waals surface area contributed by atoms with Crippen LogP contribution in [0.3, 0.4) is 0 Å². The molecule has 1 aromatic heterocycles. The Balaban J connectivity index is 1.46. The average molecular weight is 330 g/mol. The first-order chi connectivity index (χ1) is 11.6. The van der Waals surface area contributed by atoms with Crippen LogP contribution in [0.2, 0.25) is 0 Å². The summed E-state index contributed by atoms with van der Waals surface area (Å²) < 4.78 is 7.60. The number of aromatic nitrogens is 2. The first-order valence-corrected chi connectivity index (χ1v) is 8.38. The lowest BCUT2D eigenvalue weighted by molar-refractivity contribution is 0.112. The molecular formula is C18H26N4O2. The van der Waals surface area contributed by atoms with E-state index in [9.17, 15) is 5.11 Å². The van der Waals surface area contributed by atoms with Crippen molar-refractivity contribution in [2.45, 2.75) is 25.2 Å². The zero-order valence-corrected chi connectivity index (χ0v) is 14.4. The SMILES string of the molecule is CN(C)[C@H]1CN(Cc2ccc(OCCn3cccn3)cc2)C[C@@H]1O. The Morgan fingerprint density at radius 3 is 2.67 bits per heavy atom. The monoisotopic (exact) mass is 330 g/mol. The zero-order chi connectivity index (χ0) is 16.9. The Bertz CT molecular complexity index is 612. The summed E-state index contributed by atoms with van der Waals surface area (Å²) in [5, 5.41) is 14.3. The Labute approximate surface area is 143 Å². The minimum absolute atomic E-state index is 0.218.